The Morgan fingerprint density at radius 2 is 1.93 bits per heavy atom. The van der Waals surface area contributed by atoms with Crippen LogP contribution in [-0.2, 0) is 21.9 Å². The maximum absolute atomic E-state index is 12.9. The molecule has 3 aromatic rings. The van der Waals surface area contributed by atoms with Crippen LogP contribution in [0.3, 0.4) is 0 Å². The molecule has 0 bridgehead atoms. The number of sulfonamides is 1. The average molecular weight is 514 g/mol. The van der Waals surface area contributed by atoms with Gasteiger partial charge in [0.2, 0.25) is 15.9 Å². The summed E-state index contributed by atoms with van der Waals surface area (Å²) in [7, 11) is -2.49. The van der Waals surface area contributed by atoms with Gasteiger partial charge in [-0.05, 0) is 54.8 Å². The number of nitrogens with one attached hydrogen (secondary N) is 2. The van der Waals surface area contributed by atoms with Crippen LogP contribution in [0.4, 0.5) is 5.69 Å². The highest BCUT2D eigenvalue weighted by Crippen LogP contribution is 2.19. The van der Waals surface area contributed by atoms with Gasteiger partial charge < -0.3 is 9.73 Å². The van der Waals surface area contributed by atoms with Gasteiger partial charge in [-0.1, -0.05) is 15.9 Å². The van der Waals surface area contributed by atoms with Crippen LogP contribution in [0.25, 0.3) is 11.1 Å². The highest BCUT2D eigenvalue weighted by atomic mass is 79.9. The Balaban J connectivity index is 1.84. The number of aryl methyl sites for hydroxylation is 1. The largest absolute Gasteiger partial charge is 0.419 e. The smallest absolute Gasteiger partial charge is 0.408 e. The third-order valence-electron chi connectivity index (χ3n) is 4.41. The molecule has 0 spiro atoms. The zero-order valence-electron chi connectivity index (χ0n) is 16.2. The number of hydrogen-bond acceptors (Lipinski definition) is 6. The van der Waals surface area contributed by atoms with Crippen LogP contribution >= 0.6 is 27.7 Å². The van der Waals surface area contributed by atoms with Crippen LogP contribution in [0.1, 0.15) is 6.42 Å². The molecule has 1 unspecified atom stereocenters. The molecule has 2 aromatic carbocycles. The Bertz CT molecular complexity index is 1220. The van der Waals surface area contributed by atoms with E-state index in [9.17, 15) is 18.0 Å². The molecule has 0 radical (unpaired) electrons. The van der Waals surface area contributed by atoms with Gasteiger partial charge >= 0.3 is 5.76 Å². The van der Waals surface area contributed by atoms with E-state index in [2.05, 4.69) is 26.0 Å². The lowest BCUT2D eigenvalue weighted by molar-refractivity contribution is -0.117. The van der Waals surface area contributed by atoms with Crippen molar-refractivity contribution in [3.8, 4) is 0 Å². The average Bonchev–Trinajstić information content (AvgIpc) is 3.00. The number of hydrogen-bond donors (Lipinski definition) is 2. The van der Waals surface area contributed by atoms with E-state index in [1.165, 1.54) is 41.6 Å². The fraction of sp³-hybridized carbons (Fsp3) is 0.263. The van der Waals surface area contributed by atoms with Gasteiger partial charge in [0, 0.05) is 23.3 Å². The highest BCUT2D eigenvalue weighted by molar-refractivity contribution is 9.10. The van der Waals surface area contributed by atoms with E-state index < -0.39 is 27.7 Å². The van der Waals surface area contributed by atoms with Crippen molar-refractivity contribution in [2.24, 2.45) is 7.05 Å². The quantitative estimate of drug-likeness (QED) is 0.479. The van der Waals surface area contributed by atoms with Gasteiger partial charge in [0.25, 0.3) is 0 Å². The second-order valence-electron chi connectivity index (χ2n) is 6.51. The van der Waals surface area contributed by atoms with Gasteiger partial charge in [-0.2, -0.15) is 16.5 Å². The molecule has 160 valence electrons. The number of carbonyl (C=O) groups excluding carboxylic acids is 1. The van der Waals surface area contributed by atoms with Gasteiger partial charge in [0.15, 0.2) is 5.58 Å². The Morgan fingerprint density at radius 1 is 1.23 bits per heavy atom. The number of carbonyl (C=O) groups is 1. The highest BCUT2D eigenvalue weighted by Gasteiger charge is 2.26. The molecule has 3 rings (SSSR count). The molecule has 0 aliphatic carbocycles. The van der Waals surface area contributed by atoms with Crippen molar-refractivity contribution in [1.82, 2.24) is 9.29 Å². The summed E-state index contributed by atoms with van der Waals surface area (Å²) in [6, 6.07) is 10.2. The lowest BCUT2D eigenvalue weighted by atomic mass is 10.2. The minimum absolute atomic E-state index is 0.0880. The number of aromatic nitrogens is 1. The molecule has 11 heteroatoms. The lowest BCUT2D eigenvalue weighted by Crippen LogP contribution is -2.44. The molecule has 1 atom stereocenters. The molecule has 2 N–H and O–H groups in total. The summed E-state index contributed by atoms with van der Waals surface area (Å²) in [5.74, 6) is -0.449. The molecule has 1 heterocycles. The minimum Gasteiger partial charge on any atom is -0.408 e. The number of oxazole rings is 1. The SMILES string of the molecule is CSCCC(NS(=O)(=O)c1ccc2c(c1)oc(=O)n2C)C(=O)Nc1ccc(Br)cc1. The van der Waals surface area contributed by atoms with Crippen molar-refractivity contribution < 1.29 is 17.6 Å². The first kappa shape index (κ1) is 22.6. The summed E-state index contributed by atoms with van der Waals surface area (Å²) in [5.41, 5.74) is 1.19. The molecule has 0 fully saturated rings. The normalized spacial score (nSPS) is 12.8. The monoisotopic (exact) mass is 513 g/mol. The van der Waals surface area contributed by atoms with Crippen molar-refractivity contribution in [3.63, 3.8) is 0 Å². The van der Waals surface area contributed by atoms with Crippen molar-refractivity contribution in [2.75, 3.05) is 17.3 Å². The van der Waals surface area contributed by atoms with E-state index in [-0.39, 0.29) is 10.5 Å². The van der Waals surface area contributed by atoms with E-state index >= 15 is 0 Å². The van der Waals surface area contributed by atoms with Crippen LogP contribution < -0.4 is 15.8 Å². The van der Waals surface area contributed by atoms with E-state index in [0.717, 1.165) is 4.47 Å². The number of halogens is 1. The number of fused-ring (bicyclic) bond motifs is 1. The zero-order valence-corrected chi connectivity index (χ0v) is 19.4. The predicted octanol–water partition coefficient (Wildman–Crippen LogP) is 2.93. The summed E-state index contributed by atoms with van der Waals surface area (Å²) in [6.45, 7) is 0. The number of anilines is 1. The third-order valence-corrected chi connectivity index (χ3v) is 7.05. The van der Waals surface area contributed by atoms with E-state index in [1.807, 2.05) is 6.26 Å². The Hall–Kier alpha value is -2.08. The molecule has 0 aliphatic heterocycles. The standard InChI is InChI=1S/C19H20BrN3O5S2/c1-23-16-8-7-14(11-17(16)28-19(23)25)30(26,27)22-15(9-10-29-2)18(24)21-13-5-3-12(20)4-6-13/h3-8,11,15,22H,9-10H2,1-2H3,(H,21,24). The Kier molecular flexibility index (Phi) is 7.06. The van der Waals surface area contributed by atoms with E-state index in [4.69, 9.17) is 4.42 Å². The first-order valence-electron chi connectivity index (χ1n) is 8.88. The van der Waals surface area contributed by atoms with Gasteiger partial charge in [-0.3, -0.25) is 9.36 Å². The lowest BCUT2D eigenvalue weighted by Gasteiger charge is -2.18. The summed E-state index contributed by atoms with van der Waals surface area (Å²) in [4.78, 5) is 24.3. The Labute approximate surface area is 186 Å². The summed E-state index contributed by atoms with van der Waals surface area (Å²) >= 11 is 4.84. The first-order chi connectivity index (χ1) is 14.2. The van der Waals surface area contributed by atoms with E-state index in [1.54, 1.807) is 24.3 Å². The summed E-state index contributed by atoms with van der Waals surface area (Å²) in [5, 5.41) is 2.73. The molecule has 0 saturated heterocycles. The van der Waals surface area contributed by atoms with Gasteiger partial charge in [-0.15, -0.1) is 0 Å². The maximum atomic E-state index is 12.9. The first-order valence-corrected chi connectivity index (χ1v) is 12.6. The molecule has 30 heavy (non-hydrogen) atoms. The number of amides is 1. The molecular formula is C19H20BrN3O5S2. The van der Waals surface area contributed by atoms with Crippen LogP contribution in [0.2, 0.25) is 0 Å². The van der Waals surface area contributed by atoms with Crippen molar-refractivity contribution in [3.05, 3.63) is 57.5 Å². The Morgan fingerprint density at radius 3 is 2.60 bits per heavy atom. The van der Waals surface area contributed by atoms with Crippen LogP contribution in [0, 0.1) is 0 Å². The molecule has 1 amide bonds. The van der Waals surface area contributed by atoms with Crippen LogP contribution in [0.15, 0.2) is 61.0 Å². The molecule has 1 aromatic heterocycles. The van der Waals surface area contributed by atoms with Gasteiger partial charge in [-0.25, -0.2) is 13.2 Å². The molecule has 8 nitrogen and oxygen atoms in total. The predicted molar refractivity (Wildman–Crippen MR) is 121 cm³/mol. The fourth-order valence-electron chi connectivity index (χ4n) is 2.78. The third kappa shape index (κ3) is 5.15. The minimum atomic E-state index is -4.03. The van der Waals surface area contributed by atoms with Crippen LogP contribution in [-0.4, -0.2) is 36.9 Å². The summed E-state index contributed by atoms with van der Waals surface area (Å²) in [6.07, 6.45) is 2.19. The van der Waals surface area contributed by atoms with Crippen molar-refractivity contribution >= 4 is 60.4 Å². The van der Waals surface area contributed by atoms with Gasteiger partial charge in [0.05, 0.1) is 10.4 Å². The van der Waals surface area contributed by atoms with Crippen molar-refractivity contribution in [2.45, 2.75) is 17.4 Å². The number of thioether (sulfide) groups is 1. The fourth-order valence-corrected chi connectivity index (χ4v) is 4.76. The topological polar surface area (TPSA) is 110 Å². The van der Waals surface area contributed by atoms with Crippen molar-refractivity contribution in [1.29, 1.82) is 0 Å². The van der Waals surface area contributed by atoms with Gasteiger partial charge in [0.1, 0.15) is 6.04 Å². The number of nitrogens with zero attached hydrogens (tertiary/aromatic N) is 1. The van der Waals surface area contributed by atoms with Crippen LogP contribution in [0.5, 0.6) is 0 Å². The summed E-state index contributed by atoms with van der Waals surface area (Å²) < 4.78 is 35.5. The number of rotatable bonds is 8. The molecular weight excluding hydrogens is 494 g/mol. The number of benzene rings is 2. The second kappa shape index (κ2) is 9.38. The zero-order chi connectivity index (χ0) is 21.9. The molecule has 0 aliphatic rings. The maximum Gasteiger partial charge on any atom is 0.419 e. The van der Waals surface area contributed by atoms with E-state index in [0.29, 0.717) is 23.4 Å². The molecule has 0 saturated carbocycles. The second-order valence-corrected chi connectivity index (χ2v) is 10.1.